The summed E-state index contributed by atoms with van der Waals surface area (Å²) in [5, 5.41) is 1.89. The van der Waals surface area contributed by atoms with Crippen molar-refractivity contribution in [3.8, 4) is 0 Å². The highest BCUT2D eigenvalue weighted by Crippen LogP contribution is 2.22. The van der Waals surface area contributed by atoms with E-state index in [4.69, 9.17) is 5.73 Å². The van der Waals surface area contributed by atoms with E-state index in [0.29, 0.717) is 0 Å². The van der Waals surface area contributed by atoms with E-state index in [0.717, 1.165) is 25.9 Å². The lowest BCUT2D eigenvalue weighted by molar-refractivity contribution is 0.271. The summed E-state index contributed by atoms with van der Waals surface area (Å²) in [6.45, 7) is 1.66. The molecule has 1 aromatic rings. The van der Waals surface area contributed by atoms with Crippen LogP contribution in [0.3, 0.4) is 0 Å². The van der Waals surface area contributed by atoms with Gasteiger partial charge in [-0.3, -0.25) is 0 Å². The maximum absolute atomic E-state index is 13.8. The average molecular weight is 271 g/mol. The Morgan fingerprint density at radius 2 is 1.83 bits per heavy atom. The van der Waals surface area contributed by atoms with Crippen LogP contribution in [-0.2, 0) is 0 Å². The van der Waals surface area contributed by atoms with Gasteiger partial charge in [-0.05, 0) is 25.0 Å². The van der Waals surface area contributed by atoms with Crippen LogP contribution in [-0.4, -0.2) is 23.1 Å². The van der Waals surface area contributed by atoms with Gasteiger partial charge in [0, 0.05) is 18.7 Å². The highest BCUT2D eigenvalue weighted by atomic mass is 32.1. The van der Waals surface area contributed by atoms with Gasteiger partial charge in [-0.25, -0.2) is 13.8 Å². The van der Waals surface area contributed by atoms with Crippen LogP contribution in [0.5, 0.6) is 0 Å². The largest absolute Gasteiger partial charge is 0.389 e. The van der Waals surface area contributed by atoms with E-state index in [-0.39, 0.29) is 16.2 Å². The Kier molecular flexibility index (Phi) is 4.08. The van der Waals surface area contributed by atoms with Crippen LogP contribution in [0.2, 0.25) is 0 Å². The number of piperidine rings is 1. The normalized spacial score (nSPS) is 16.6. The van der Waals surface area contributed by atoms with Gasteiger partial charge in [0.2, 0.25) is 0 Å². The van der Waals surface area contributed by atoms with E-state index in [1.807, 2.05) is 5.01 Å². The molecule has 2 rings (SSSR count). The van der Waals surface area contributed by atoms with Crippen LogP contribution in [0.15, 0.2) is 12.1 Å². The number of hydrogen-bond acceptors (Lipinski definition) is 3. The molecule has 0 radical (unpaired) electrons. The zero-order valence-electron chi connectivity index (χ0n) is 9.88. The molecule has 6 heteroatoms. The molecule has 3 nitrogen and oxygen atoms in total. The molecule has 0 aliphatic carbocycles. The molecule has 18 heavy (non-hydrogen) atoms. The molecule has 0 unspecified atom stereocenters. The molecule has 1 aromatic carbocycles. The molecule has 0 amide bonds. The van der Waals surface area contributed by atoms with Crippen molar-refractivity contribution in [3.05, 3.63) is 29.3 Å². The predicted octanol–water partition coefficient (Wildman–Crippen LogP) is 2.41. The molecule has 0 atom stereocenters. The van der Waals surface area contributed by atoms with E-state index in [1.165, 1.54) is 18.6 Å². The van der Waals surface area contributed by atoms with Crippen molar-refractivity contribution in [2.75, 3.05) is 18.5 Å². The van der Waals surface area contributed by atoms with Crippen LogP contribution in [0.4, 0.5) is 14.5 Å². The summed E-state index contributed by atoms with van der Waals surface area (Å²) in [4.78, 5) is -0.143. The first-order chi connectivity index (χ1) is 8.59. The Hall–Kier alpha value is -1.27. The summed E-state index contributed by atoms with van der Waals surface area (Å²) in [6, 6.07) is 2.86. The topological polar surface area (TPSA) is 41.3 Å². The van der Waals surface area contributed by atoms with E-state index in [1.54, 1.807) is 0 Å². The first-order valence-electron chi connectivity index (χ1n) is 5.89. The standard InChI is InChI=1S/C12H15F2N3S/c13-10-8(12(15)18)4-5-9(11(10)14)16-17-6-2-1-3-7-17/h4-5,16H,1-3,6-7H2,(H2,15,18). The molecule has 1 fully saturated rings. The van der Waals surface area contributed by atoms with Gasteiger partial charge in [-0.1, -0.05) is 18.6 Å². The second-order valence-corrected chi connectivity index (χ2v) is 4.75. The van der Waals surface area contributed by atoms with Gasteiger partial charge in [0.15, 0.2) is 11.6 Å². The summed E-state index contributed by atoms with van der Waals surface area (Å²) in [5.74, 6) is -1.93. The Morgan fingerprint density at radius 1 is 1.17 bits per heavy atom. The lowest BCUT2D eigenvalue weighted by Gasteiger charge is -2.28. The summed E-state index contributed by atoms with van der Waals surface area (Å²) in [6.07, 6.45) is 3.29. The molecule has 1 aliphatic rings. The highest BCUT2D eigenvalue weighted by Gasteiger charge is 2.17. The van der Waals surface area contributed by atoms with Crippen molar-refractivity contribution >= 4 is 22.9 Å². The Bertz CT molecular complexity index is 459. The molecule has 0 aromatic heterocycles. The number of thiocarbonyl (C=S) groups is 1. The number of hydrazine groups is 1. The van der Waals surface area contributed by atoms with Crippen molar-refractivity contribution in [1.29, 1.82) is 0 Å². The predicted molar refractivity (Wildman–Crippen MR) is 71.3 cm³/mol. The molecule has 0 bridgehead atoms. The second kappa shape index (κ2) is 5.58. The smallest absolute Gasteiger partial charge is 0.183 e. The number of anilines is 1. The van der Waals surface area contributed by atoms with Crippen LogP contribution in [0, 0.1) is 11.6 Å². The Morgan fingerprint density at radius 3 is 2.44 bits per heavy atom. The number of benzene rings is 1. The van der Waals surface area contributed by atoms with Gasteiger partial charge in [-0.15, -0.1) is 0 Å². The zero-order chi connectivity index (χ0) is 13.1. The summed E-state index contributed by atoms with van der Waals surface area (Å²) < 4.78 is 27.5. The summed E-state index contributed by atoms with van der Waals surface area (Å²) in [7, 11) is 0. The third-order valence-electron chi connectivity index (χ3n) is 2.98. The van der Waals surface area contributed by atoms with Crippen LogP contribution in [0.25, 0.3) is 0 Å². The van der Waals surface area contributed by atoms with Crippen molar-refractivity contribution in [2.24, 2.45) is 5.73 Å². The van der Waals surface area contributed by atoms with Gasteiger partial charge < -0.3 is 11.2 Å². The van der Waals surface area contributed by atoms with E-state index < -0.39 is 11.6 Å². The van der Waals surface area contributed by atoms with Crippen molar-refractivity contribution in [3.63, 3.8) is 0 Å². The molecule has 0 spiro atoms. The number of halogens is 2. The molecule has 1 aliphatic heterocycles. The summed E-state index contributed by atoms with van der Waals surface area (Å²) >= 11 is 4.65. The van der Waals surface area contributed by atoms with Crippen LogP contribution in [0.1, 0.15) is 24.8 Å². The second-order valence-electron chi connectivity index (χ2n) is 4.31. The lowest BCUT2D eigenvalue weighted by atomic mass is 10.1. The van der Waals surface area contributed by atoms with E-state index >= 15 is 0 Å². The molecule has 0 saturated carbocycles. The van der Waals surface area contributed by atoms with Gasteiger partial charge in [-0.2, -0.15) is 0 Å². The van der Waals surface area contributed by atoms with Gasteiger partial charge in [0.05, 0.1) is 5.69 Å². The maximum Gasteiger partial charge on any atom is 0.183 e. The minimum absolute atomic E-state index is 0.0632. The maximum atomic E-state index is 13.8. The molecular formula is C12H15F2N3S. The zero-order valence-corrected chi connectivity index (χ0v) is 10.7. The van der Waals surface area contributed by atoms with Gasteiger partial charge in [0.25, 0.3) is 0 Å². The van der Waals surface area contributed by atoms with Crippen LogP contribution >= 0.6 is 12.2 Å². The lowest BCUT2D eigenvalue weighted by Crippen LogP contribution is -2.35. The Balaban J connectivity index is 2.18. The molecular weight excluding hydrogens is 256 g/mol. The van der Waals surface area contributed by atoms with Gasteiger partial charge in [0.1, 0.15) is 4.99 Å². The van der Waals surface area contributed by atoms with Crippen LogP contribution < -0.4 is 11.2 Å². The molecule has 3 N–H and O–H groups in total. The molecule has 1 heterocycles. The first-order valence-corrected chi connectivity index (χ1v) is 6.30. The quantitative estimate of drug-likeness (QED) is 0.828. The minimum atomic E-state index is -0.996. The third-order valence-corrected chi connectivity index (χ3v) is 3.20. The Labute approximate surface area is 110 Å². The molecule has 98 valence electrons. The SMILES string of the molecule is NC(=S)c1ccc(NN2CCCCC2)c(F)c1F. The summed E-state index contributed by atoms with van der Waals surface area (Å²) in [5.41, 5.74) is 8.26. The first kappa shape index (κ1) is 13.2. The number of nitrogens with two attached hydrogens (primary N) is 1. The fourth-order valence-corrected chi connectivity index (χ4v) is 2.16. The average Bonchev–Trinajstić information content (AvgIpc) is 2.36. The number of nitrogens with zero attached hydrogens (tertiary/aromatic N) is 1. The third kappa shape index (κ3) is 2.76. The fraction of sp³-hybridized carbons (Fsp3) is 0.417. The minimum Gasteiger partial charge on any atom is -0.389 e. The van der Waals surface area contributed by atoms with Crippen molar-refractivity contribution < 1.29 is 8.78 Å². The molecule has 1 saturated heterocycles. The fourth-order valence-electron chi connectivity index (χ4n) is 2.00. The van der Waals surface area contributed by atoms with E-state index in [2.05, 4.69) is 17.6 Å². The van der Waals surface area contributed by atoms with E-state index in [9.17, 15) is 8.78 Å². The number of hydrogen-bond donors (Lipinski definition) is 2. The van der Waals surface area contributed by atoms with Crippen molar-refractivity contribution in [2.45, 2.75) is 19.3 Å². The highest BCUT2D eigenvalue weighted by molar-refractivity contribution is 7.80. The van der Waals surface area contributed by atoms with Gasteiger partial charge >= 0.3 is 0 Å². The monoisotopic (exact) mass is 271 g/mol. The van der Waals surface area contributed by atoms with Crippen molar-refractivity contribution in [1.82, 2.24) is 5.01 Å². The number of nitrogens with one attached hydrogen (secondary N) is 1. The number of rotatable bonds is 3.